The predicted octanol–water partition coefficient (Wildman–Crippen LogP) is 0.573. The van der Waals surface area contributed by atoms with Gasteiger partial charge in [0.1, 0.15) is 4.75 Å². The van der Waals surface area contributed by atoms with Gasteiger partial charge in [0.25, 0.3) is 0 Å². The maximum atomic E-state index is 12.0. The van der Waals surface area contributed by atoms with Gasteiger partial charge in [0.15, 0.2) is 0 Å². The Kier molecular flexibility index (Phi) is 3.55. The average molecular weight is 221 g/mol. The van der Waals surface area contributed by atoms with E-state index in [1.54, 1.807) is 0 Å². The number of nitrogens with zero attached hydrogens (tertiary/aromatic N) is 1. The van der Waals surface area contributed by atoms with Gasteiger partial charge in [-0.1, -0.05) is 19.3 Å². The smallest absolute Gasteiger partial charge is 0.221 e. The van der Waals surface area contributed by atoms with Gasteiger partial charge in [0.2, 0.25) is 10.0 Å². The van der Waals surface area contributed by atoms with Crippen LogP contribution in [0.4, 0.5) is 0 Å². The Morgan fingerprint density at radius 2 is 1.71 bits per heavy atom. The Morgan fingerprint density at radius 3 is 2.07 bits per heavy atom. The molecule has 0 bridgehead atoms. The van der Waals surface area contributed by atoms with E-state index in [1.807, 2.05) is 0 Å². The predicted molar refractivity (Wildman–Crippen MR) is 55.5 cm³/mol. The van der Waals surface area contributed by atoms with E-state index in [9.17, 15) is 13.5 Å². The van der Waals surface area contributed by atoms with Crippen molar-refractivity contribution in [2.75, 3.05) is 20.7 Å². The van der Waals surface area contributed by atoms with Crippen LogP contribution < -0.4 is 0 Å². The summed E-state index contributed by atoms with van der Waals surface area (Å²) in [5.41, 5.74) is 0. The average Bonchev–Trinajstić information content (AvgIpc) is 2.18. The van der Waals surface area contributed by atoms with Gasteiger partial charge in [-0.25, -0.2) is 12.7 Å². The maximum absolute atomic E-state index is 12.0. The Balaban J connectivity index is 2.99. The maximum Gasteiger partial charge on any atom is 0.221 e. The van der Waals surface area contributed by atoms with Crippen molar-refractivity contribution in [3.63, 3.8) is 0 Å². The van der Waals surface area contributed by atoms with E-state index in [2.05, 4.69) is 0 Å². The Hall–Kier alpha value is -0.130. The van der Waals surface area contributed by atoms with Crippen LogP contribution in [-0.4, -0.2) is 43.3 Å². The van der Waals surface area contributed by atoms with Crippen molar-refractivity contribution < 1.29 is 13.5 Å². The molecule has 1 rings (SSSR count). The Bertz CT molecular complexity index is 278. The molecule has 1 saturated carbocycles. The van der Waals surface area contributed by atoms with E-state index >= 15 is 0 Å². The second-order valence-corrected chi connectivity index (χ2v) is 6.74. The van der Waals surface area contributed by atoms with Crippen molar-refractivity contribution in [1.29, 1.82) is 0 Å². The van der Waals surface area contributed by atoms with Gasteiger partial charge in [-0.2, -0.15) is 0 Å². The van der Waals surface area contributed by atoms with Crippen molar-refractivity contribution in [2.24, 2.45) is 0 Å². The summed E-state index contributed by atoms with van der Waals surface area (Å²) in [7, 11) is -0.270. The van der Waals surface area contributed by atoms with E-state index in [-0.39, 0.29) is 6.61 Å². The molecule has 1 aliphatic rings. The molecule has 0 unspecified atom stereocenters. The molecule has 0 aliphatic heterocycles. The molecule has 0 heterocycles. The third kappa shape index (κ3) is 1.81. The molecule has 0 atom stereocenters. The highest BCUT2D eigenvalue weighted by Crippen LogP contribution is 2.35. The van der Waals surface area contributed by atoms with Crippen LogP contribution in [0.25, 0.3) is 0 Å². The van der Waals surface area contributed by atoms with E-state index < -0.39 is 14.8 Å². The second-order valence-electron chi connectivity index (χ2n) is 4.19. The summed E-state index contributed by atoms with van der Waals surface area (Å²) >= 11 is 0. The number of aliphatic hydroxyl groups is 1. The second kappa shape index (κ2) is 4.16. The first-order valence-electron chi connectivity index (χ1n) is 4.99. The fourth-order valence-corrected chi connectivity index (χ4v) is 3.82. The molecule has 0 spiro atoms. The van der Waals surface area contributed by atoms with Crippen molar-refractivity contribution in [2.45, 2.75) is 36.9 Å². The summed E-state index contributed by atoms with van der Waals surface area (Å²) in [5.74, 6) is 0. The summed E-state index contributed by atoms with van der Waals surface area (Å²) in [5, 5.41) is 9.32. The molecule has 0 aromatic heterocycles. The highest BCUT2D eigenvalue weighted by Gasteiger charge is 2.45. The Morgan fingerprint density at radius 1 is 1.21 bits per heavy atom. The van der Waals surface area contributed by atoms with Gasteiger partial charge in [0.05, 0.1) is 6.61 Å². The molecular formula is C9H19NO3S. The van der Waals surface area contributed by atoms with E-state index in [4.69, 9.17) is 0 Å². The van der Waals surface area contributed by atoms with Crippen LogP contribution in [-0.2, 0) is 10.0 Å². The lowest BCUT2D eigenvalue weighted by atomic mass is 9.89. The van der Waals surface area contributed by atoms with Crippen LogP contribution in [0.3, 0.4) is 0 Å². The molecule has 1 aliphatic carbocycles. The normalized spacial score (nSPS) is 22.6. The number of hydrogen-bond donors (Lipinski definition) is 1. The summed E-state index contributed by atoms with van der Waals surface area (Å²) in [6.07, 6.45) is 4.04. The molecule has 4 nitrogen and oxygen atoms in total. The SMILES string of the molecule is CN(C)S(=O)(=O)C1(CO)CCCCC1. The first kappa shape index (κ1) is 11.9. The quantitative estimate of drug-likeness (QED) is 0.758. The first-order chi connectivity index (χ1) is 6.46. The van der Waals surface area contributed by atoms with Crippen molar-refractivity contribution in [3.05, 3.63) is 0 Å². The third-order valence-electron chi connectivity index (χ3n) is 3.08. The molecule has 1 N–H and O–H groups in total. The van der Waals surface area contributed by atoms with Crippen LogP contribution in [0, 0.1) is 0 Å². The molecule has 0 aromatic rings. The van der Waals surface area contributed by atoms with Crippen LogP contribution >= 0.6 is 0 Å². The zero-order valence-corrected chi connectivity index (χ0v) is 9.68. The topological polar surface area (TPSA) is 57.6 Å². The number of hydrogen-bond acceptors (Lipinski definition) is 3. The van der Waals surface area contributed by atoms with Crippen LogP contribution in [0.2, 0.25) is 0 Å². The van der Waals surface area contributed by atoms with E-state index in [0.717, 1.165) is 19.3 Å². The summed E-state index contributed by atoms with van der Waals surface area (Å²) in [4.78, 5) is 0. The molecule has 0 aromatic carbocycles. The minimum atomic E-state index is -3.33. The van der Waals surface area contributed by atoms with Crippen molar-refractivity contribution in [1.82, 2.24) is 4.31 Å². The zero-order valence-electron chi connectivity index (χ0n) is 8.86. The minimum absolute atomic E-state index is 0.256. The summed E-state index contributed by atoms with van der Waals surface area (Å²) in [6, 6.07) is 0. The third-order valence-corrected chi connectivity index (χ3v) is 5.67. The fourth-order valence-electron chi connectivity index (χ4n) is 2.08. The lowest BCUT2D eigenvalue weighted by Crippen LogP contribution is -2.49. The number of sulfonamides is 1. The van der Waals surface area contributed by atoms with Crippen LogP contribution in [0.15, 0.2) is 0 Å². The minimum Gasteiger partial charge on any atom is -0.395 e. The molecule has 0 radical (unpaired) electrons. The van der Waals surface area contributed by atoms with E-state index in [1.165, 1.54) is 18.4 Å². The summed E-state index contributed by atoms with van der Waals surface area (Å²) < 4.78 is 24.3. The molecule has 1 fully saturated rings. The van der Waals surface area contributed by atoms with Gasteiger partial charge < -0.3 is 5.11 Å². The molecule has 14 heavy (non-hydrogen) atoms. The Labute approximate surface area is 86.0 Å². The summed E-state index contributed by atoms with van der Waals surface area (Å²) in [6.45, 7) is -0.256. The van der Waals surface area contributed by atoms with Gasteiger partial charge in [-0.15, -0.1) is 0 Å². The molecule has 0 saturated heterocycles. The van der Waals surface area contributed by atoms with Crippen molar-refractivity contribution in [3.8, 4) is 0 Å². The highest BCUT2D eigenvalue weighted by molar-refractivity contribution is 7.90. The first-order valence-corrected chi connectivity index (χ1v) is 6.43. The lowest BCUT2D eigenvalue weighted by Gasteiger charge is -2.36. The number of rotatable bonds is 3. The standard InChI is InChI=1S/C9H19NO3S/c1-10(2)14(12,13)9(8-11)6-4-3-5-7-9/h11H,3-8H2,1-2H3. The van der Waals surface area contributed by atoms with Gasteiger partial charge in [-0.05, 0) is 12.8 Å². The molecule has 0 amide bonds. The van der Waals surface area contributed by atoms with Gasteiger partial charge in [0, 0.05) is 14.1 Å². The van der Waals surface area contributed by atoms with Gasteiger partial charge in [-0.3, -0.25) is 0 Å². The lowest BCUT2D eigenvalue weighted by molar-refractivity contribution is 0.201. The highest BCUT2D eigenvalue weighted by atomic mass is 32.2. The molecular weight excluding hydrogens is 202 g/mol. The largest absolute Gasteiger partial charge is 0.395 e. The fraction of sp³-hybridized carbons (Fsp3) is 1.00. The van der Waals surface area contributed by atoms with E-state index in [0.29, 0.717) is 12.8 Å². The van der Waals surface area contributed by atoms with Crippen LogP contribution in [0.1, 0.15) is 32.1 Å². The van der Waals surface area contributed by atoms with Crippen molar-refractivity contribution >= 4 is 10.0 Å². The monoisotopic (exact) mass is 221 g/mol. The number of aliphatic hydroxyl groups excluding tert-OH is 1. The van der Waals surface area contributed by atoms with Crippen LogP contribution in [0.5, 0.6) is 0 Å². The molecule has 84 valence electrons. The zero-order chi connectivity index (χ0) is 10.8. The van der Waals surface area contributed by atoms with Gasteiger partial charge >= 0.3 is 0 Å². The molecule has 5 heteroatoms.